The van der Waals surface area contributed by atoms with Gasteiger partial charge in [0.2, 0.25) is 0 Å². The van der Waals surface area contributed by atoms with E-state index in [-0.39, 0.29) is 0 Å². The van der Waals surface area contributed by atoms with Gasteiger partial charge in [-0.2, -0.15) is 0 Å². The van der Waals surface area contributed by atoms with E-state index in [9.17, 15) is 0 Å². The summed E-state index contributed by atoms with van der Waals surface area (Å²) >= 11 is 0. The number of hydrogen-bond donors (Lipinski definition) is 0. The van der Waals surface area contributed by atoms with Gasteiger partial charge >= 0.3 is 0 Å². The second kappa shape index (κ2) is 7.67. The molecular formula is C22H30N4. The number of piperazine rings is 1. The molecule has 26 heavy (non-hydrogen) atoms. The lowest BCUT2D eigenvalue weighted by Gasteiger charge is -2.44. The normalized spacial score (nSPS) is 19.8. The van der Waals surface area contributed by atoms with E-state index in [2.05, 4.69) is 63.9 Å². The molecule has 0 bridgehead atoms. The number of nitrogens with zero attached hydrogens (tertiary/aromatic N) is 4. The van der Waals surface area contributed by atoms with Crippen molar-refractivity contribution in [1.82, 2.24) is 9.88 Å². The zero-order valence-corrected chi connectivity index (χ0v) is 16.1. The van der Waals surface area contributed by atoms with E-state index in [0.29, 0.717) is 0 Å². The molecular weight excluding hydrogens is 320 g/mol. The number of aromatic nitrogens is 1. The van der Waals surface area contributed by atoms with Crippen LogP contribution in [0.5, 0.6) is 0 Å². The molecule has 2 saturated heterocycles. The second-order valence-electron chi connectivity index (χ2n) is 7.74. The molecule has 0 radical (unpaired) electrons. The zero-order chi connectivity index (χ0) is 17.9. The fraction of sp³-hybridized carbons (Fsp3) is 0.500. The zero-order valence-electron chi connectivity index (χ0n) is 16.1. The molecule has 2 aliphatic rings. The number of anilines is 2. The first kappa shape index (κ1) is 17.3. The standard InChI is InChI=1S/C22H30N4/c1-18-3-5-20(6-4-18)24-11-8-21(9-12-24)25-13-15-26(16-14-25)22-7-10-23-17-19(22)2/h3-7,10,17,21H,8-9,11-16H2,1-2H3. The van der Waals surface area contributed by atoms with Gasteiger partial charge in [-0.3, -0.25) is 9.88 Å². The Hall–Kier alpha value is -2.07. The van der Waals surface area contributed by atoms with Gasteiger partial charge < -0.3 is 9.80 Å². The van der Waals surface area contributed by atoms with E-state index in [0.717, 1.165) is 19.1 Å². The summed E-state index contributed by atoms with van der Waals surface area (Å²) in [5.74, 6) is 0. The fourth-order valence-corrected chi connectivity index (χ4v) is 4.39. The van der Waals surface area contributed by atoms with Gasteiger partial charge in [-0.15, -0.1) is 0 Å². The van der Waals surface area contributed by atoms with Gasteiger partial charge in [-0.1, -0.05) is 17.7 Å². The molecule has 2 fully saturated rings. The van der Waals surface area contributed by atoms with Crippen molar-refractivity contribution >= 4 is 11.4 Å². The number of benzene rings is 1. The molecule has 0 unspecified atom stereocenters. The first-order valence-corrected chi connectivity index (χ1v) is 9.92. The molecule has 2 aliphatic heterocycles. The maximum atomic E-state index is 4.22. The molecule has 0 spiro atoms. The summed E-state index contributed by atoms with van der Waals surface area (Å²) in [6, 6.07) is 11.9. The van der Waals surface area contributed by atoms with E-state index in [4.69, 9.17) is 0 Å². The molecule has 138 valence electrons. The van der Waals surface area contributed by atoms with Crippen LogP contribution in [0.1, 0.15) is 24.0 Å². The van der Waals surface area contributed by atoms with E-state index in [1.54, 1.807) is 0 Å². The van der Waals surface area contributed by atoms with E-state index in [1.165, 1.54) is 61.5 Å². The largest absolute Gasteiger partial charge is 0.371 e. The predicted octanol–water partition coefficient (Wildman–Crippen LogP) is 3.49. The highest BCUT2D eigenvalue weighted by Crippen LogP contribution is 2.25. The molecule has 0 atom stereocenters. The second-order valence-corrected chi connectivity index (χ2v) is 7.74. The van der Waals surface area contributed by atoms with Crippen molar-refractivity contribution in [1.29, 1.82) is 0 Å². The quantitative estimate of drug-likeness (QED) is 0.845. The predicted molar refractivity (Wildman–Crippen MR) is 109 cm³/mol. The van der Waals surface area contributed by atoms with Crippen LogP contribution < -0.4 is 9.80 Å². The Morgan fingerprint density at radius 2 is 1.50 bits per heavy atom. The molecule has 0 aliphatic carbocycles. The Balaban J connectivity index is 1.29. The van der Waals surface area contributed by atoms with Crippen LogP contribution in [-0.2, 0) is 0 Å². The highest BCUT2D eigenvalue weighted by molar-refractivity contribution is 5.52. The van der Waals surface area contributed by atoms with Crippen molar-refractivity contribution in [2.24, 2.45) is 0 Å². The van der Waals surface area contributed by atoms with Gasteiger partial charge in [0.05, 0.1) is 0 Å². The number of rotatable bonds is 3. The first-order valence-electron chi connectivity index (χ1n) is 9.92. The average molecular weight is 351 g/mol. The Kier molecular flexibility index (Phi) is 5.11. The molecule has 0 N–H and O–H groups in total. The van der Waals surface area contributed by atoms with Crippen LogP contribution in [0.3, 0.4) is 0 Å². The van der Waals surface area contributed by atoms with E-state index in [1.807, 2.05) is 12.4 Å². The van der Waals surface area contributed by atoms with Crippen molar-refractivity contribution in [3.05, 3.63) is 53.9 Å². The minimum absolute atomic E-state index is 0.748. The lowest BCUT2D eigenvalue weighted by molar-refractivity contribution is 0.160. The third-order valence-corrected chi connectivity index (χ3v) is 6.03. The molecule has 1 aromatic heterocycles. The molecule has 4 nitrogen and oxygen atoms in total. The van der Waals surface area contributed by atoms with Gasteiger partial charge in [0.25, 0.3) is 0 Å². The van der Waals surface area contributed by atoms with Gasteiger partial charge in [0, 0.05) is 69.1 Å². The molecule has 2 aromatic rings. The summed E-state index contributed by atoms with van der Waals surface area (Å²) in [4.78, 5) is 12.0. The highest BCUT2D eigenvalue weighted by Gasteiger charge is 2.27. The average Bonchev–Trinajstić information content (AvgIpc) is 2.69. The number of aryl methyl sites for hydroxylation is 2. The van der Waals surface area contributed by atoms with Crippen LogP contribution >= 0.6 is 0 Å². The van der Waals surface area contributed by atoms with Crippen LogP contribution in [0, 0.1) is 13.8 Å². The first-order chi connectivity index (χ1) is 12.7. The topological polar surface area (TPSA) is 22.6 Å². The molecule has 0 amide bonds. The third kappa shape index (κ3) is 3.70. The van der Waals surface area contributed by atoms with Crippen LogP contribution in [0.15, 0.2) is 42.7 Å². The SMILES string of the molecule is Cc1ccc(N2CCC(N3CCN(c4ccncc4C)CC3)CC2)cc1. The molecule has 3 heterocycles. The Bertz CT molecular complexity index is 711. The minimum atomic E-state index is 0.748. The molecule has 4 rings (SSSR count). The third-order valence-electron chi connectivity index (χ3n) is 6.03. The Morgan fingerprint density at radius 3 is 2.15 bits per heavy atom. The number of hydrogen-bond acceptors (Lipinski definition) is 4. The summed E-state index contributed by atoms with van der Waals surface area (Å²) in [6.07, 6.45) is 6.45. The van der Waals surface area contributed by atoms with Crippen LogP contribution in [0.25, 0.3) is 0 Å². The lowest BCUT2D eigenvalue weighted by Crippen LogP contribution is -2.53. The van der Waals surface area contributed by atoms with Gasteiger partial charge in [0.1, 0.15) is 0 Å². The summed E-state index contributed by atoms with van der Waals surface area (Å²) < 4.78 is 0. The van der Waals surface area contributed by atoms with Crippen molar-refractivity contribution in [2.45, 2.75) is 32.7 Å². The lowest BCUT2D eigenvalue weighted by atomic mass is 10.0. The monoisotopic (exact) mass is 350 g/mol. The molecule has 4 heteroatoms. The van der Waals surface area contributed by atoms with Crippen molar-refractivity contribution in [2.75, 3.05) is 49.1 Å². The highest BCUT2D eigenvalue weighted by atomic mass is 15.3. The van der Waals surface area contributed by atoms with Crippen LogP contribution in [0.2, 0.25) is 0 Å². The summed E-state index contributed by atoms with van der Waals surface area (Å²) in [5, 5.41) is 0. The Morgan fingerprint density at radius 1 is 0.808 bits per heavy atom. The van der Waals surface area contributed by atoms with E-state index < -0.39 is 0 Å². The van der Waals surface area contributed by atoms with Crippen molar-refractivity contribution < 1.29 is 0 Å². The number of pyridine rings is 1. The summed E-state index contributed by atoms with van der Waals surface area (Å²) in [6.45, 7) is 11.3. The molecule has 1 aromatic carbocycles. The summed E-state index contributed by atoms with van der Waals surface area (Å²) in [7, 11) is 0. The maximum Gasteiger partial charge on any atom is 0.0427 e. The molecule has 0 saturated carbocycles. The smallest absolute Gasteiger partial charge is 0.0427 e. The van der Waals surface area contributed by atoms with Crippen LogP contribution in [0.4, 0.5) is 11.4 Å². The maximum absolute atomic E-state index is 4.22. The van der Waals surface area contributed by atoms with Crippen molar-refractivity contribution in [3.8, 4) is 0 Å². The minimum Gasteiger partial charge on any atom is -0.371 e. The fourth-order valence-electron chi connectivity index (χ4n) is 4.39. The summed E-state index contributed by atoms with van der Waals surface area (Å²) in [5.41, 5.74) is 5.36. The van der Waals surface area contributed by atoms with Gasteiger partial charge in [-0.25, -0.2) is 0 Å². The Labute approximate surface area is 157 Å². The van der Waals surface area contributed by atoms with E-state index >= 15 is 0 Å². The number of piperidine rings is 1. The van der Waals surface area contributed by atoms with Crippen molar-refractivity contribution in [3.63, 3.8) is 0 Å². The van der Waals surface area contributed by atoms with Crippen LogP contribution in [-0.4, -0.2) is 55.2 Å². The van der Waals surface area contributed by atoms with Gasteiger partial charge in [-0.05, 0) is 50.5 Å². The van der Waals surface area contributed by atoms with Gasteiger partial charge in [0.15, 0.2) is 0 Å².